The van der Waals surface area contributed by atoms with E-state index in [2.05, 4.69) is 42.3 Å². The molecule has 33 heavy (non-hydrogen) atoms. The molecule has 174 valence electrons. The fourth-order valence-corrected chi connectivity index (χ4v) is 6.45. The molecule has 4 aliphatic rings. The zero-order valence-electron chi connectivity index (χ0n) is 19.0. The Morgan fingerprint density at radius 1 is 1.09 bits per heavy atom. The summed E-state index contributed by atoms with van der Waals surface area (Å²) < 4.78 is 6.07. The largest absolute Gasteiger partial charge is 0.415 e. The van der Waals surface area contributed by atoms with Gasteiger partial charge in [0.1, 0.15) is 5.75 Å². The van der Waals surface area contributed by atoms with Gasteiger partial charge in [-0.05, 0) is 79.1 Å². The summed E-state index contributed by atoms with van der Waals surface area (Å²) in [5.74, 6) is 1.05. The van der Waals surface area contributed by atoms with Gasteiger partial charge in [0.2, 0.25) is 0 Å². The van der Waals surface area contributed by atoms with Crippen LogP contribution in [0.15, 0.2) is 48.6 Å². The highest BCUT2D eigenvalue weighted by atomic mass is 35.5. The van der Waals surface area contributed by atoms with E-state index in [1.807, 2.05) is 23.1 Å². The van der Waals surface area contributed by atoms with Crippen molar-refractivity contribution in [1.29, 1.82) is 0 Å². The van der Waals surface area contributed by atoms with Crippen LogP contribution in [0, 0.1) is 5.92 Å². The second kappa shape index (κ2) is 8.46. The lowest BCUT2D eigenvalue weighted by Crippen LogP contribution is -2.38. The molecule has 1 amide bonds. The summed E-state index contributed by atoms with van der Waals surface area (Å²) in [4.78, 5) is 17.3. The van der Waals surface area contributed by atoms with Crippen molar-refractivity contribution in [3.05, 3.63) is 76.4 Å². The van der Waals surface area contributed by atoms with Crippen molar-refractivity contribution in [2.75, 3.05) is 20.1 Å². The molecule has 1 N–H and O–H groups in total. The van der Waals surface area contributed by atoms with E-state index in [4.69, 9.17) is 4.74 Å². The van der Waals surface area contributed by atoms with Crippen LogP contribution in [-0.2, 0) is 31.3 Å². The third-order valence-electron chi connectivity index (χ3n) is 8.08. The maximum absolute atomic E-state index is 13.2. The van der Waals surface area contributed by atoms with Crippen LogP contribution in [0.5, 0.6) is 5.75 Å². The Kier molecular flexibility index (Phi) is 5.76. The molecule has 2 heterocycles. The predicted molar refractivity (Wildman–Crippen MR) is 130 cm³/mol. The quantitative estimate of drug-likeness (QED) is 0.639. The summed E-state index contributed by atoms with van der Waals surface area (Å²) in [6.07, 6.45) is 7.12. The van der Waals surface area contributed by atoms with Gasteiger partial charge in [-0.25, -0.2) is 4.79 Å². The molecule has 0 radical (unpaired) electrons. The number of fused-ring (bicyclic) bond motifs is 1. The molecule has 6 heteroatoms. The van der Waals surface area contributed by atoms with Crippen LogP contribution in [0.2, 0.25) is 0 Å². The van der Waals surface area contributed by atoms with Crippen molar-refractivity contribution in [3.8, 4) is 5.75 Å². The molecule has 2 aliphatic heterocycles. The van der Waals surface area contributed by atoms with E-state index < -0.39 is 0 Å². The second-order valence-corrected chi connectivity index (χ2v) is 9.98. The van der Waals surface area contributed by atoms with Gasteiger partial charge in [-0.2, -0.15) is 0 Å². The van der Waals surface area contributed by atoms with E-state index in [1.165, 1.54) is 27.8 Å². The van der Waals surface area contributed by atoms with Crippen molar-refractivity contribution in [3.63, 3.8) is 0 Å². The lowest BCUT2D eigenvalue weighted by molar-refractivity contribution is 0.143. The van der Waals surface area contributed by atoms with Crippen molar-refractivity contribution in [2.45, 2.75) is 50.3 Å². The van der Waals surface area contributed by atoms with E-state index >= 15 is 0 Å². The lowest BCUT2D eigenvalue weighted by atomic mass is 9.67. The number of aliphatic hydroxyl groups excluding tert-OH is 1. The zero-order valence-corrected chi connectivity index (χ0v) is 19.8. The van der Waals surface area contributed by atoms with E-state index in [1.54, 1.807) is 0 Å². The molecule has 0 saturated carbocycles. The van der Waals surface area contributed by atoms with E-state index in [9.17, 15) is 9.90 Å². The molecule has 0 saturated heterocycles. The molecule has 0 bridgehead atoms. The molecule has 0 fully saturated rings. The predicted octanol–water partition coefficient (Wildman–Crippen LogP) is 4.23. The molecule has 5 nitrogen and oxygen atoms in total. The standard InChI is InChI=1S/C27H30N2O3.ClH/c1-28-13-11-27-10-8-22(30)14-21(27)15-23-24(7-6-20(16-28)25(23)27)32-26(31)29-12-9-18-4-2-3-5-19(18)17-29;/h2-8,10,21-22,30H,9,11-17H2,1H3;1H/t21-,22+,27+;/m1./s1. The minimum absolute atomic E-state index is 0. The number of hydrogen-bond acceptors (Lipinski definition) is 4. The molecule has 3 atom stereocenters. The molecular formula is C27H31ClN2O3. The maximum Gasteiger partial charge on any atom is 0.415 e. The number of allylic oxidation sites excluding steroid dienone is 1. The minimum atomic E-state index is -0.385. The van der Waals surface area contributed by atoms with Gasteiger partial charge >= 0.3 is 6.09 Å². The Balaban J connectivity index is 0.00000228. The second-order valence-electron chi connectivity index (χ2n) is 9.98. The number of rotatable bonds is 1. The van der Waals surface area contributed by atoms with Crippen LogP contribution in [0.4, 0.5) is 4.79 Å². The van der Waals surface area contributed by atoms with Gasteiger partial charge in [-0.1, -0.05) is 42.5 Å². The number of amides is 1. The van der Waals surface area contributed by atoms with Crippen LogP contribution in [-0.4, -0.2) is 47.2 Å². The molecule has 0 aromatic heterocycles. The topological polar surface area (TPSA) is 53.0 Å². The van der Waals surface area contributed by atoms with Gasteiger partial charge in [0, 0.05) is 25.0 Å². The van der Waals surface area contributed by atoms with Crippen molar-refractivity contribution >= 4 is 18.5 Å². The molecule has 1 spiro atoms. The normalized spacial score (nSPS) is 27.6. The minimum Gasteiger partial charge on any atom is -0.410 e. The Bertz CT molecular complexity index is 1120. The zero-order chi connectivity index (χ0) is 21.9. The maximum atomic E-state index is 13.2. The van der Waals surface area contributed by atoms with Crippen molar-refractivity contribution in [1.82, 2.24) is 9.80 Å². The summed E-state index contributed by atoms with van der Waals surface area (Å²) in [6, 6.07) is 12.5. The molecule has 2 aromatic carbocycles. The third-order valence-corrected chi connectivity index (χ3v) is 8.08. The average molecular weight is 467 g/mol. The Morgan fingerprint density at radius 3 is 2.76 bits per heavy atom. The first kappa shape index (κ1) is 22.5. The summed E-state index contributed by atoms with van der Waals surface area (Å²) >= 11 is 0. The van der Waals surface area contributed by atoms with Crippen molar-refractivity contribution in [2.24, 2.45) is 5.92 Å². The first-order valence-corrected chi connectivity index (χ1v) is 11.8. The van der Waals surface area contributed by atoms with E-state index in [0.717, 1.165) is 38.8 Å². The lowest BCUT2D eigenvalue weighted by Gasteiger charge is -2.38. The highest BCUT2D eigenvalue weighted by molar-refractivity contribution is 5.85. The van der Waals surface area contributed by atoms with Gasteiger partial charge in [0.05, 0.1) is 6.10 Å². The summed E-state index contributed by atoms with van der Waals surface area (Å²) in [5.41, 5.74) is 6.32. The van der Waals surface area contributed by atoms with Gasteiger partial charge in [0.25, 0.3) is 0 Å². The number of halogens is 1. The van der Waals surface area contributed by atoms with Crippen molar-refractivity contribution < 1.29 is 14.6 Å². The van der Waals surface area contributed by atoms with Crippen LogP contribution in [0.1, 0.15) is 40.7 Å². The fourth-order valence-electron chi connectivity index (χ4n) is 6.45. The van der Waals surface area contributed by atoms with E-state index in [0.29, 0.717) is 24.8 Å². The molecule has 2 aromatic rings. The highest BCUT2D eigenvalue weighted by Gasteiger charge is 2.50. The molecular weight excluding hydrogens is 436 g/mol. The molecule has 0 unspecified atom stereocenters. The number of hydrogen-bond donors (Lipinski definition) is 1. The van der Waals surface area contributed by atoms with Gasteiger partial charge < -0.3 is 19.6 Å². The SMILES string of the molecule is CN1CC[C@@]23C=C[C@H](O)C[C@@H]2Cc2c(OC(=O)N4CCc5ccccc5C4)ccc(c23)C1.Cl. The third kappa shape index (κ3) is 3.67. The number of carbonyl (C=O) groups excluding carboxylic acids is 1. The summed E-state index contributed by atoms with van der Waals surface area (Å²) in [7, 11) is 2.17. The first-order valence-electron chi connectivity index (χ1n) is 11.8. The molecule has 6 rings (SSSR count). The number of nitrogens with zero attached hydrogens (tertiary/aromatic N) is 2. The molecule has 2 aliphatic carbocycles. The number of aliphatic hydroxyl groups is 1. The summed E-state index contributed by atoms with van der Waals surface area (Å²) in [6.45, 7) is 3.21. The Labute approximate surface area is 201 Å². The monoisotopic (exact) mass is 466 g/mol. The summed E-state index contributed by atoms with van der Waals surface area (Å²) in [5, 5.41) is 10.3. The fraction of sp³-hybridized carbons (Fsp3) is 0.444. The van der Waals surface area contributed by atoms with Gasteiger partial charge in [-0.3, -0.25) is 0 Å². The first-order chi connectivity index (χ1) is 15.5. The number of carbonyl (C=O) groups is 1. The average Bonchev–Trinajstić information content (AvgIpc) is 3.06. The van der Waals surface area contributed by atoms with Gasteiger partial charge in [-0.15, -0.1) is 12.4 Å². The Morgan fingerprint density at radius 2 is 1.91 bits per heavy atom. The van der Waals surface area contributed by atoms with Crippen LogP contribution in [0.3, 0.4) is 0 Å². The van der Waals surface area contributed by atoms with Crippen LogP contribution < -0.4 is 4.74 Å². The van der Waals surface area contributed by atoms with Crippen LogP contribution >= 0.6 is 12.4 Å². The number of benzene rings is 2. The number of ether oxygens (including phenoxy) is 1. The smallest absolute Gasteiger partial charge is 0.410 e. The van der Waals surface area contributed by atoms with Crippen LogP contribution in [0.25, 0.3) is 0 Å². The highest BCUT2D eigenvalue weighted by Crippen LogP contribution is 2.55. The van der Waals surface area contributed by atoms with Gasteiger partial charge in [0.15, 0.2) is 0 Å². The van der Waals surface area contributed by atoms with E-state index in [-0.39, 0.29) is 30.0 Å². The Hall–Kier alpha value is -2.34.